The first-order valence-corrected chi connectivity index (χ1v) is 3.71. The molecule has 2 fully saturated rings. The van der Waals surface area contributed by atoms with E-state index in [9.17, 15) is 0 Å². The maximum Gasteiger partial charge on any atom is -0.0292 e. The molecule has 46 valence electrons. The van der Waals surface area contributed by atoms with Gasteiger partial charge in [-0.1, -0.05) is 13.8 Å². The Bertz CT molecular complexity index is 117. The van der Waals surface area contributed by atoms with Gasteiger partial charge in [0.25, 0.3) is 0 Å². The van der Waals surface area contributed by atoms with Gasteiger partial charge in [0.15, 0.2) is 0 Å². The van der Waals surface area contributed by atoms with Gasteiger partial charge in [0.05, 0.1) is 0 Å². The zero-order chi connectivity index (χ0) is 5.78. The third-order valence-corrected chi connectivity index (χ3v) is 3.04. The van der Waals surface area contributed by atoms with E-state index in [4.69, 9.17) is 0 Å². The molecular formula is C8H14. The predicted molar refractivity (Wildman–Crippen MR) is 34.6 cm³/mol. The highest BCUT2D eigenvalue weighted by Crippen LogP contribution is 2.64. The molecule has 0 saturated heterocycles. The predicted octanol–water partition coefficient (Wildman–Crippen LogP) is 2.44. The molecule has 0 bridgehead atoms. The van der Waals surface area contributed by atoms with E-state index >= 15 is 0 Å². The van der Waals surface area contributed by atoms with Gasteiger partial charge < -0.3 is 0 Å². The molecule has 0 amide bonds. The van der Waals surface area contributed by atoms with Crippen LogP contribution in [0.15, 0.2) is 0 Å². The average molecular weight is 110 g/mol. The maximum atomic E-state index is 2.45. The van der Waals surface area contributed by atoms with Gasteiger partial charge in [0.2, 0.25) is 0 Å². The van der Waals surface area contributed by atoms with Gasteiger partial charge in [-0.05, 0) is 36.5 Å². The van der Waals surface area contributed by atoms with Crippen LogP contribution in [0, 0.1) is 17.3 Å². The topological polar surface area (TPSA) is 0 Å². The van der Waals surface area contributed by atoms with Crippen LogP contribution in [0.2, 0.25) is 0 Å². The highest BCUT2D eigenvalue weighted by atomic mass is 14.6. The van der Waals surface area contributed by atoms with E-state index in [1.54, 1.807) is 0 Å². The van der Waals surface area contributed by atoms with Crippen LogP contribution in [-0.4, -0.2) is 0 Å². The van der Waals surface area contributed by atoms with Crippen LogP contribution in [0.4, 0.5) is 0 Å². The Kier molecular flexibility index (Phi) is 0.678. The highest BCUT2D eigenvalue weighted by molar-refractivity contribution is 5.05. The molecule has 0 N–H and O–H groups in total. The summed E-state index contributed by atoms with van der Waals surface area (Å²) in [5, 5.41) is 0. The fraction of sp³-hybridized carbons (Fsp3) is 1.00. The van der Waals surface area contributed by atoms with Crippen LogP contribution in [-0.2, 0) is 0 Å². The molecule has 2 aliphatic carbocycles. The first-order valence-electron chi connectivity index (χ1n) is 3.71. The molecule has 0 heteroatoms. The zero-order valence-corrected chi connectivity index (χ0v) is 5.78. The third kappa shape index (κ3) is 0.463. The molecule has 0 spiro atoms. The summed E-state index contributed by atoms with van der Waals surface area (Å²) in [4.78, 5) is 0. The highest BCUT2D eigenvalue weighted by Gasteiger charge is 2.55. The van der Waals surface area contributed by atoms with Crippen molar-refractivity contribution in [1.29, 1.82) is 0 Å². The van der Waals surface area contributed by atoms with Crippen molar-refractivity contribution in [3.63, 3.8) is 0 Å². The van der Waals surface area contributed by atoms with E-state index in [0.29, 0.717) is 0 Å². The molecule has 0 heterocycles. The number of hydrogen-bond donors (Lipinski definition) is 0. The Balaban J connectivity index is 2.10. The second-order valence-electron chi connectivity index (χ2n) is 4.10. The minimum Gasteiger partial charge on any atom is -0.0625 e. The Morgan fingerprint density at radius 1 is 1.38 bits per heavy atom. The van der Waals surface area contributed by atoms with E-state index in [0.717, 1.165) is 17.3 Å². The van der Waals surface area contributed by atoms with Gasteiger partial charge in [0.1, 0.15) is 0 Å². The largest absolute Gasteiger partial charge is 0.0625 e. The van der Waals surface area contributed by atoms with E-state index in [2.05, 4.69) is 13.8 Å². The number of rotatable bonds is 0. The molecule has 0 aliphatic heterocycles. The normalized spacial score (nSPS) is 60.8. The van der Waals surface area contributed by atoms with Crippen molar-refractivity contribution < 1.29 is 0 Å². The van der Waals surface area contributed by atoms with Crippen molar-refractivity contribution in [2.24, 2.45) is 17.3 Å². The summed E-state index contributed by atoms with van der Waals surface area (Å²) in [7, 11) is 0. The van der Waals surface area contributed by atoms with E-state index in [1.165, 1.54) is 19.3 Å². The SMILES string of the molecule is C[C@@H]1CC2CC2(C)C1. The van der Waals surface area contributed by atoms with Crippen molar-refractivity contribution >= 4 is 0 Å². The zero-order valence-electron chi connectivity index (χ0n) is 5.78. The van der Waals surface area contributed by atoms with Crippen LogP contribution < -0.4 is 0 Å². The van der Waals surface area contributed by atoms with Gasteiger partial charge >= 0.3 is 0 Å². The molecule has 0 aromatic heterocycles. The fourth-order valence-corrected chi connectivity index (χ4v) is 2.49. The minimum absolute atomic E-state index is 0.833. The molecule has 0 aromatic rings. The van der Waals surface area contributed by atoms with Crippen molar-refractivity contribution in [2.75, 3.05) is 0 Å². The average Bonchev–Trinajstić information content (AvgIpc) is 2.07. The van der Waals surface area contributed by atoms with E-state index in [-0.39, 0.29) is 0 Å². The lowest BCUT2D eigenvalue weighted by atomic mass is 10.0. The Labute approximate surface area is 51.3 Å². The van der Waals surface area contributed by atoms with Crippen molar-refractivity contribution in [1.82, 2.24) is 0 Å². The number of hydrogen-bond acceptors (Lipinski definition) is 0. The van der Waals surface area contributed by atoms with Crippen molar-refractivity contribution in [2.45, 2.75) is 33.1 Å². The molecular weight excluding hydrogens is 96.1 g/mol. The van der Waals surface area contributed by atoms with Crippen LogP contribution >= 0.6 is 0 Å². The van der Waals surface area contributed by atoms with Crippen molar-refractivity contribution in [3.05, 3.63) is 0 Å². The molecule has 2 saturated carbocycles. The second-order valence-corrected chi connectivity index (χ2v) is 4.10. The van der Waals surface area contributed by atoms with Gasteiger partial charge in [0, 0.05) is 0 Å². The third-order valence-electron chi connectivity index (χ3n) is 3.04. The smallest absolute Gasteiger partial charge is 0.0292 e. The van der Waals surface area contributed by atoms with Gasteiger partial charge in [-0.3, -0.25) is 0 Å². The summed E-state index contributed by atoms with van der Waals surface area (Å²) in [6.45, 7) is 4.83. The Morgan fingerprint density at radius 2 is 2.12 bits per heavy atom. The van der Waals surface area contributed by atoms with Gasteiger partial charge in [-0.2, -0.15) is 0 Å². The molecule has 8 heavy (non-hydrogen) atoms. The van der Waals surface area contributed by atoms with Crippen LogP contribution in [0.1, 0.15) is 33.1 Å². The Morgan fingerprint density at radius 3 is 2.38 bits per heavy atom. The molecule has 0 aromatic carbocycles. The van der Waals surface area contributed by atoms with E-state index < -0.39 is 0 Å². The first-order chi connectivity index (χ1) is 3.71. The summed E-state index contributed by atoms with van der Waals surface area (Å²) in [6, 6.07) is 0. The molecule has 0 radical (unpaired) electrons. The summed E-state index contributed by atoms with van der Waals surface area (Å²) in [5.74, 6) is 2.18. The fourth-order valence-electron chi connectivity index (χ4n) is 2.49. The Hall–Kier alpha value is 0. The second kappa shape index (κ2) is 1.12. The van der Waals surface area contributed by atoms with Crippen molar-refractivity contribution in [3.8, 4) is 0 Å². The summed E-state index contributed by atoms with van der Waals surface area (Å²) >= 11 is 0. The molecule has 2 aliphatic rings. The summed E-state index contributed by atoms with van der Waals surface area (Å²) < 4.78 is 0. The summed E-state index contributed by atoms with van der Waals surface area (Å²) in [6.07, 6.45) is 4.57. The lowest BCUT2D eigenvalue weighted by molar-refractivity contribution is 0.469. The molecule has 3 atom stereocenters. The quantitative estimate of drug-likeness (QED) is 0.449. The first kappa shape index (κ1) is 4.84. The van der Waals surface area contributed by atoms with Crippen LogP contribution in [0.5, 0.6) is 0 Å². The lowest BCUT2D eigenvalue weighted by Gasteiger charge is -2.04. The van der Waals surface area contributed by atoms with Gasteiger partial charge in [-0.15, -0.1) is 0 Å². The number of fused-ring (bicyclic) bond motifs is 1. The van der Waals surface area contributed by atoms with Crippen LogP contribution in [0.25, 0.3) is 0 Å². The van der Waals surface area contributed by atoms with Gasteiger partial charge in [-0.25, -0.2) is 0 Å². The standard InChI is InChI=1S/C8H14/c1-6-3-7-5-8(7,2)4-6/h6-7H,3-5H2,1-2H3/t6-,7?,8?/m1/s1. The van der Waals surface area contributed by atoms with E-state index in [1.807, 2.05) is 0 Å². The summed E-state index contributed by atoms with van der Waals surface area (Å²) in [5.41, 5.74) is 0.833. The van der Waals surface area contributed by atoms with Crippen LogP contribution in [0.3, 0.4) is 0 Å². The lowest BCUT2D eigenvalue weighted by Crippen LogP contribution is -1.93. The molecule has 2 rings (SSSR count). The molecule has 2 unspecified atom stereocenters. The monoisotopic (exact) mass is 110 g/mol. The minimum atomic E-state index is 0.833. The molecule has 0 nitrogen and oxygen atoms in total. The maximum absolute atomic E-state index is 2.45.